The molecule has 0 aliphatic heterocycles. The quantitative estimate of drug-likeness (QED) is 0.687. The van der Waals surface area contributed by atoms with Crippen molar-refractivity contribution in [3.63, 3.8) is 0 Å². The number of pyridine rings is 1. The lowest BCUT2D eigenvalue weighted by Crippen LogP contribution is -2.16. The van der Waals surface area contributed by atoms with Gasteiger partial charge in [-0.3, -0.25) is 4.79 Å². The number of rotatable bonds is 2. The number of aromatic amines is 1. The third-order valence-electron chi connectivity index (χ3n) is 1.93. The fourth-order valence-corrected chi connectivity index (χ4v) is 1.13. The van der Waals surface area contributed by atoms with E-state index in [0.29, 0.717) is 0 Å². The van der Waals surface area contributed by atoms with Gasteiger partial charge in [-0.1, -0.05) is 0 Å². The summed E-state index contributed by atoms with van der Waals surface area (Å²) in [6.07, 6.45) is 0. The molecule has 1 atom stereocenters. The molecule has 1 aromatic heterocycles. The summed E-state index contributed by atoms with van der Waals surface area (Å²) in [4.78, 5) is 13.8. The molecule has 1 rings (SSSR count). The zero-order valence-electron chi connectivity index (χ0n) is 7.64. The molecule has 0 aromatic carbocycles. The van der Waals surface area contributed by atoms with E-state index in [4.69, 9.17) is 0 Å². The molecule has 12 heavy (non-hydrogen) atoms. The Morgan fingerprint density at radius 3 is 2.67 bits per heavy atom. The molecule has 0 aliphatic rings. The molecule has 0 saturated heterocycles. The Morgan fingerprint density at radius 1 is 1.50 bits per heavy atom. The Labute approximate surface area is 71.8 Å². The van der Waals surface area contributed by atoms with Crippen LogP contribution in [0.3, 0.4) is 0 Å². The molecular weight excluding hydrogens is 152 g/mol. The summed E-state index contributed by atoms with van der Waals surface area (Å²) in [5.74, 6) is 0. The van der Waals surface area contributed by atoms with Crippen molar-refractivity contribution in [2.45, 2.75) is 19.9 Å². The highest BCUT2D eigenvalue weighted by Gasteiger charge is 2.02. The molecule has 1 aromatic rings. The average molecular weight is 166 g/mol. The van der Waals surface area contributed by atoms with Crippen LogP contribution in [0.25, 0.3) is 0 Å². The van der Waals surface area contributed by atoms with E-state index < -0.39 is 0 Å². The third-order valence-corrected chi connectivity index (χ3v) is 1.93. The van der Waals surface area contributed by atoms with Crippen molar-refractivity contribution in [3.8, 4) is 0 Å². The smallest absolute Gasteiger partial charge is 0.248 e. The minimum absolute atomic E-state index is 0.0351. The lowest BCUT2D eigenvalue weighted by atomic mass is 10.1. The van der Waals surface area contributed by atoms with Crippen LogP contribution in [0.5, 0.6) is 0 Å². The zero-order chi connectivity index (χ0) is 9.14. The second kappa shape index (κ2) is 3.54. The SMILES string of the molecule is CN[C@H](C)c1cc(C)[nH]c(=O)c1. The van der Waals surface area contributed by atoms with Crippen molar-refractivity contribution >= 4 is 0 Å². The summed E-state index contributed by atoms with van der Waals surface area (Å²) >= 11 is 0. The van der Waals surface area contributed by atoms with Gasteiger partial charge in [0.25, 0.3) is 0 Å². The molecule has 0 aliphatic carbocycles. The van der Waals surface area contributed by atoms with Crippen LogP contribution >= 0.6 is 0 Å². The molecule has 66 valence electrons. The van der Waals surface area contributed by atoms with E-state index in [2.05, 4.69) is 10.3 Å². The molecule has 3 heteroatoms. The fourth-order valence-electron chi connectivity index (χ4n) is 1.13. The van der Waals surface area contributed by atoms with Gasteiger partial charge in [0.2, 0.25) is 5.56 Å². The van der Waals surface area contributed by atoms with Gasteiger partial charge < -0.3 is 10.3 Å². The largest absolute Gasteiger partial charge is 0.326 e. The summed E-state index contributed by atoms with van der Waals surface area (Å²) < 4.78 is 0. The molecular formula is C9H14N2O. The minimum atomic E-state index is -0.0351. The maximum Gasteiger partial charge on any atom is 0.248 e. The van der Waals surface area contributed by atoms with E-state index in [1.165, 1.54) is 0 Å². The topological polar surface area (TPSA) is 44.9 Å². The standard InChI is InChI=1S/C9H14N2O/c1-6-4-8(7(2)10-3)5-9(12)11-6/h4-5,7,10H,1-3H3,(H,11,12)/t7-/m1/s1. The van der Waals surface area contributed by atoms with E-state index in [1.54, 1.807) is 6.07 Å². The molecule has 0 radical (unpaired) electrons. The molecule has 0 bridgehead atoms. The number of aromatic nitrogens is 1. The van der Waals surface area contributed by atoms with Gasteiger partial charge >= 0.3 is 0 Å². The number of H-pyrrole nitrogens is 1. The first kappa shape index (κ1) is 9.00. The van der Waals surface area contributed by atoms with Gasteiger partial charge in [-0.05, 0) is 32.5 Å². The Morgan fingerprint density at radius 2 is 2.17 bits per heavy atom. The van der Waals surface area contributed by atoms with Crippen LogP contribution in [0.4, 0.5) is 0 Å². The van der Waals surface area contributed by atoms with Crippen molar-refractivity contribution in [2.24, 2.45) is 0 Å². The van der Waals surface area contributed by atoms with Crippen LogP contribution in [0.15, 0.2) is 16.9 Å². The molecule has 0 unspecified atom stereocenters. The van der Waals surface area contributed by atoms with Crippen molar-refractivity contribution in [2.75, 3.05) is 7.05 Å². The second-order valence-corrected chi connectivity index (χ2v) is 2.97. The first-order valence-corrected chi connectivity index (χ1v) is 4.01. The normalized spacial score (nSPS) is 12.9. The van der Waals surface area contributed by atoms with Gasteiger partial charge in [0.1, 0.15) is 0 Å². The van der Waals surface area contributed by atoms with Crippen molar-refractivity contribution in [3.05, 3.63) is 33.7 Å². The predicted octanol–water partition coefficient (Wildman–Crippen LogP) is 0.964. The Balaban J connectivity index is 3.08. The monoisotopic (exact) mass is 166 g/mol. The summed E-state index contributed by atoms with van der Waals surface area (Å²) in [6, 6.07) is 3.82. The van der Waals surface area contributed by atoms with Crippen LogP contribution in [-0.2, 0) is 0 Å². The number of hydrogen-bond donors (Lipinski definition) is 2. The van der Waals surface area contributed by atoms with E-state index >= 15 is 0 Å². The van der Waals surface area contributed by atoms with Crippen LogP contribution in [0, 0.1) is 6.92 Å². The summed E-state index contributed by atoms with van der Waals surface area (Å²) in [7, 11) is 1.88. The summed E-state index contributed by atoms with van der Waals surface area (Å²) in [5.41, 5.74) is 1.89. The third kappa shape index (κ3) is 1.95. The van der Waals surface area contributed by atoms with Gasteiger partial charge in [0.15, 0.2) is 0 Å². The molecule has 3 nitrogen and oxygen atoms in total. The maximum atomic E-state index is 11.0. The molecule has 2 N–H and O–H groups in total. The Hall–Kier alpha value is -1.09. The van der Waals surface area contributed by atoms with Gasteiger partial charge in [-0.25, -0.2) is 0 Å². The minimum Gasteiger partial charge on any atom is -0.326 e. The second-order valence-electron chi connectivity index (χ2n) is 2.97. The van der Waals surface area contributed by atoms with Gasteiger partial charge in [0.05, 0.1) is 0 Å². The molecule has 0 spiro atoms. The Bertz CT molecular complexity index is 317. The highest BCUT2D eigenvalue weighted by molar-refractivity contribution is 5.18. The van der Waals surface area contributed by atoms with Crippen LogP contribution in [0.1, 0.15) is 24.2 Å². The van der Waals surface area contributed by atoms with E-state index in [-0.39, 0.29) is 11.6 Å². The molecule has 0 saturated carbocycles. The predicted molar refractivity (Wildman–Crippen MR) is 49.3 cm³/mol. The highest BCUT2D eigenvalue weighted by atomic mass is 16.1. The number of hydrogen-bond acceptors (Lipinski definition) is 2. The first-order valence-electron chi connectivity index (χ1n) is 4.01. The van der Waals surface area contributed by atoms with E-state index in [9.17, 15) is 4.79 Å². The van der Waals surface area contributed by atoms with Gasteiger partial charge in [-0.15, -0.1) is 0 Å². The lowest BCUT2D eigenvalue weighted by molar-refractivity contribution is 0.649. The zero-order valence-corrected chi connectivity index (χ0v) is 7.64. The lowest BCUT2D eigenvalue weighted by Gasteiger charge is -2.09. The summed E-state index contributed by atoms with van der Waals surface area (Å²) in [6.45, 7) is 3.90. The van der Waals surface area contributed by atoms with E-state index in [1.807, 2.05) is 27.0 Å². The fraction of sp³-hybridized carbons (Fsp3) is 0.444. The van der Waals surface area contributed by atoms with Crippen LogP contribution < -0.4 is 10.9 Å². The number of nitrogens with one attached hydrogen (secondary N) is 2. The number of aryl methyl sites for hydroxylation is 1. The summed E-state index contributed by atoms with van der Waals surface area (Å²) in [5, 5.41) is 3.08. The molecule has 0 amide bonds. The Kier molecular flexibility index (Phi) is 2.65. The van der Waals surface area contributed by atoms with E-state index in [0.717, 1.165) is 11.3 Å². The average Bonchev–Trinajstić information content (AvgIpc) is 2.01. The van der Waals surface area contributed by atoms with Crippen molar-refractivity contribution in [1.29, 1.82) is 0 Å². The van der Waals surface area contributed by atoms with Gasteiger partial charge in [-0.2, -0.15) is 0 Å². The first-order chi connectivity index (χ1) is 5.63. The molecule has 1 heterocycles. The molecule has 0 fully saturated rings. The van der Waals surface area contributed by atoms with Crippen LogP contribution in [0.2, 0.25) is 0 Å². The van der Waals surface area contributed by atoms with Gasteiger partial charge in [0, 0.05) is 17.8 Å². The van der Waals surface area contributed by atoms with Crippen molar-refractivity contribution < 1.29 is 0 Å². The van der Waals surface area contributed by atoms with Crippen molar-refractivity contribution in [1.82, 2.24) is 10.3 Å². The highest BCUT2D eigenvalue weighted by Crippen LogP contribution is 2.08. The van der Waals surface area contributed by atoms with Crippen LogP contribution in [-0.4, -0.2) is 12.0 Å². The maximum absolute atomic E-state index is 11.0.